The second-order valence-electron chi connectivity index (χ2n) is 5.83. The molecular weight excluding hydrogens is 320 g/mol. The van der Waals surface area contributed by atoms with Crippen molar-refractivity contribution in [1.29, 1.82) is 0 Å². The maximum Gasteiger partial charge on any atom is 0.255 e. The Morgan fingerprint density at radius 1 is 1.33 bits per heavy atom. The van der Waals surface area contributed by atoms with Crippen LogP contribution in [0.15, 0.2) is 54.7 Å². The summed E-state index contributed by atoms with van der Waals surface area (Å²) in [7, 11) is 0. The van der Waals surface area contributed by atoms with Crippen LogP contribution in [0, 0.1) is 0 Å². The third-order valence-electron chi connectivity index (χ3n) is 4.00. The Morgan fingerprint density at radius 2 is 2.08 bits per heavy atom. The second kappa shape index (κ2) is 9.33. The highest BCUT2D eigenvalue weighted by Crippen LogP contribution is 2.31. The molecule has 128 valence electrons. The number of carbonyl (C=O) groups is 1. The van der Waals surface area contributed by atoms with Gasteiger partial charge in [-0.2, -0.15) is 0 Å². The third-order valence-corrected chi connectivity index (χ3v) is 4.23. The zero-order chi connectivity index (χ0) is 17.4. The van der Waals surface area contributed by atoms with Crippen LogP contribution < -0.4 is 10.2 Å². The van der Waals surface area contributed by atoms with Gasteiger partial charge in [0.25, 0.3) is 5.91 Å². The quantitative estimate of drug-likeness (QED) is 0.557. The van der Waals surface area contributed by atoms with Crippen LogP contribution in [0.1, 0.15) is 32.6 Å². The number of nitrogens with one attached hydrogen (secondary N) is 1. The van der Waals surface area contributed by atoms with Crippen molar-refractivity contribution in [2.45, 2.75) is 32.6 Å². The molecule has 0 spiro atoms. The highest BCUT2D eigenvalue weighted by Gasteiger charge is 2.17. The molecule has 0 radical (unpaired) electrons. The molecule has 3 nitrogen and oxygen atoms in total. The Balaban J connectivity index is 2.25. The molecule has 4 heteroatoms. The van der Waals surface area contributed by atoms with Gasteiger partial charge in [-0.3, -0.25) is 4.79 Å². The van der Waals surface area contributed by atoms with E-state index in [1.54, 1.807) is 12.2 Å². The van der Waals surface area contributed by atoms with Crippen molar-refractivity contribution in [3.63, 3.8) is 0 Å². The van der Waals surface area contributed by atoms with Crippen molar-refractivity contribution in [2.24, 2.45) is 0 Å². The number of nitrogens with zero attached hydrogens (tertiary/aromatic N) is 1. The van der Waals surface area contributed by atoms with Crippen molar-refractivity contribution in [2.75, 3.05) is 23.3 Å². The molecule has 1 aromatic rings. The molecule has 2 rings (SSSR count). The molecule has 0 aromatic heterocycles. The van der Waals surface area contributed by atoms with E-state index in [4.69, 9.17) is 11.6 Å². The number of carbonyl (C=O) groups excluding carboxylic acids is 1. The largest absolute Gasteiger partial charge is 0.370 e. The van der Waals surface area contributed by atoms with Gasteiger partial charge in [-0.05, 0) is 43.9 Å². The monoisotopic (exact) mass is 344 g/mol. The lowest BCUT2D eigenvalue weighted by Gasteiger charge is -2.30. The second-order valence-corrected chi connectivity index (χ2v) is 6.27. The number of halogens is 1. The van der Waals surface area contributed by atoms with Gasteiger partial charge in [0.2, 0.25) is 0 Å². The van der Waals surface area contributed by atoms with Gasteiger partial charge in [-0.1, -0.05) is 49.4 Å². The summed E-state index contributed by atoms with van der Waals surface area (Å²) >= 11 is 6.15. The highest BCUT2D eigenvalue weighted by atomic mass is 35.5. The predicted molar refractivity (Wildman–Crippen MR) is 104 cm³/mol. The molecule has 1 fully saturated rings. The summed E-state index contributed by atoms with van der Waals surface area (Å²) in [4.78, 5) is 14.9. The summed E-state index contributed by atoms with van der Waals surface area (Å²) in [5, 5.41) is 3.63. The fourth-order valence-electron chi connectivity index (χ4n) is 2.79. The van der Waals surface area contributed by atoms with E-state index in [1.165, 1.54) is 19.3 Å². The van der Waals surface area contributed by atoms with Crippen LogP contribution in [-0.4, -0.2) is 19.0 Å². The number of amides is 1. The van der Waals surface area contributed by atoms with Crippen LogP contribution in [0.4, 0.5) is 11.4 Å². The van der Waals surface area contributed by atoms with Crippen molar-refractivity contribution < 1.29 is 4.79 Å². The lowest BCUT2D eigenvalue weighted by Crippen LogP contribution is -2.30. The predicted octanol–water partition coefficient (Wildman–Crippen LogP) is 5.35. The molecular formula is C20H25ClN2O. The van der Waals surface area contributed by atoms with E-state index >= 15 is 0 Å². The molecule has 0 bridgehead atoms. The first-order valence-electron chi connectivity index (χ1n) is 8.50. The molecule has 1 aromatic carbocycles. The summed E-state index contributed by atoms with van der Waals surface area (Å²) in [5.41, 5.74) is 2.37. The van der Waals surface area contributed by atoms with Crippen LogP contribution in [0.2, 0.25) is 5.02 Å². The van der Waals surface area contributed by atoms with Gasteiger partial charge in [-0.25, -0.2) is 0 Å². The standard InChI is InChI=1S/C20H25ClN2O/c1-3-5-10-16(9-4-2)20(24)22-18-15-17(21)11-12-19(18)23-13-7-6-8-14-23/h4-5,9-12,15H,2-3,6-8,13-14H2,1H3,(H,22,24)/b10-5-,16-9+. The number of piperidine rings is 1. The van der Waals surface area contributed by atoms with Crippen LogP contribution in [0.25, 0.3) is 0 Å². The molecule has 1 heterocycles. The first-order chi connectivity index (χ1) is 11.7. The minimum atomic E-state index is -0.153. The van der Waals surface area contributed by atoms with E-state index in [-0.39, 0.29) is 5.91 Å². The molecule has 1 N–H and O–H groups in total. The van der Waals surface area contributed by atoms with Crippen molar-refractivity contribution in [3.05, 3.63) is 59.7 Å². The minimum Gasteiger partial charge on any atom is -0.370 e. The maximum absolute atomic E-state index is 12.6. The number of anilines is 2. The summed E-state index contributed by atoms with van der Waals surface area (Å²) in [5.74, 6) is -0.153. The fourth-order valence-corrected chi connectivity index (χ4v) is 2.96. The Morgan fingerprint density at radius 3 is 2.75 bits per heavy atom. The first-order valence-corrected chi connectivity index (χ1v) is 8.88. The number of benzene rings is 1. The van der Waals surface area contributed by atoms with Crippen LogP contribution in [0.5, 0.6) is 0 Å². The van der Waals surface area contributed by atoms with E-state index in [2.05, 4.69) is 16.8 Å². The average Bonchev–Trinajstić information content (AvgIpc) is 2.59. The lowest BCUT2D eigenvalue weighted by atomic mass is 10.1. The van der Waals surface area contributed by atoms with Gasteiger partial charge in [0, 0.05) is 23.7 Å². The van der Waals surface area contributed by atoms with Gasteiger partial charge < -0.3 is 10.2 Å². The molecule has 0 aliphatic carbocycles. The molecule has 1 amide bonds. The van der Waals surface area contributed by atoms with E-state index in [9.17, 15) is 4.79 Å². The first kappa shape index (κ1) is 18.3. The van der Waals surface area contributed by atoms with Crippen molar-refractivity contribution >= 4 is 28.9 Å². The summed E-state index contributed by atoms with van der Waals surface area (Å²) < 4.78 is 0. The smallest absolute Gasteiger partial charge is 0.255 e. The van der Waals surface area contributed by atoms with Gasteiger partial charge >= 0.3 is 0 Å². The topological polar surface area (TPSA) is 32.3 Å². The molecule has 0 saturated carbocycles. The number of hydrogen-bond donors (Lipinski definition) is 1. The zero-order valence-corrected chi connectivity index (χ0v) is 15.0. The molecule has 24 heavy (non-hydrogen) atoms. The number of allylic oxidation sites excluding steroid dienone is 3. The van der Waals surface area contributed by atoms with Crippen LogP contribution in [-0.2, 0) is 4.79 Å². The van der Waals surface area contributed by atoms with Crippen LogP contribution in [0.3, 0.4) is 0 Å². The normalized spacial score (nSPS) is 15.6. The Kier molecular flexibility index (Phi) is 7.13. The van der Waals surface area contributed by atoms with Gasteiger partial charge in [0.1, 0.15) is 0 Å². The maximum atomic E-state index is 12.6. The zero-order valence-electron chi connectivity index (χ0n) is 14.2. The van der Waals surface area contributed by atoms with E-state index < -0.39 is 0 Å². The van der Waals surface area contributed by atoms with Crippen molar-refractivity contribution in [1.82, 2.24) is 0 Å². The Labute approximate surface area is 149 Å². The number of hydrogen-bond acceptors (Lipinski definition) is 2. The van der Waals surface area contributed by atoms with E-state index in [0.29, 0.717) is 10.6 Å². The van der Waals surface area contributed by atoms with Gasteiger partial charge in [0.15, 0.2) is 0 Å². The van der Waals surface area contributed by atoms with E-state index in [1.807, 2.05) is 37.3 Å². The molecule has 0 unspecified atom stereocenters. The molecule has 0 atom stereocenters. The van der Waals surface area contributed by atoms with Gasteiger partial charge in [-0.15, -0.1) is 0 Å². The molecule has 1 aliphatic heterocycles. The van der Waals surface area contributed by atoms with Gasteiger partial charge in [0.05, 0.1) is 11.4 Å². The molecule has 1 saturated heterocycles. The summed E-state index contributed by atoms with van der Waals surface area (Å²) in [6.45, 7) is 7.74. The summed E-state index contributed by atoms with van der Waals surface area (Å²) in [6, 6.07) is 5.68. The highest BCUT2D eigenvalue weighted by molar-refractivity contribution is 6.31. The van der Waals surface area contributed by atoms with Crippen molar-refractivity contribution in [3.8, 4) is 0 Å². The molecule has 1 aliphatic rings. The Hall–Kier alpha value is -2.00. The Bertz CT molecular complexity index is 643. The average molecular weight is 345 g/mol. The SMILES string of the molecule is C=C/C=C(\C=C/CC)C(=O)Nc1cc(Cl)ccc1N1CCCCC1. The lowest BCUT2D eigenvalue weighted by molar-refractivity contribution is -0.112. The fraction of sp³-hybridized carbons (Fsp3) is 0.350. The summed E-state index contributed by atoms with van der Waals surface area (Å²) in [6.07, 6.45) is 11.6. The van der Waals surface area contributed by atoms with E-state index in [0.717, 1.165) is 30.9 Å². The van der Waals surface area contributed by atoms with Crippen LogP contribution >= 0.6 is 11.6 Å². The number of rotatable bonds is 6. The minimum absolute atomic E-state index is 0.153. The third kappa shape index (κ3) is 5.00.